The minimum Gasteiger partial charge on any atom is -0.394 e. The molecule has 11 heteroatoms. The Bertz CT molecular complexity index is 1060. The second-order valence-electron chi connectivity index (χ2n) is 18.2. The predicted molar refractivity (Wildman–Crippen MR) is 252 cm³/mol. The summed E-state index contributed by atoms with van der Waals surface area (Å²) in [6, 6.07) is -1.18. The van der Waals surface area contributed by atoms with Gasteiger partial charge in [0.2, 0.25) is 5.91 Å². The number of aliphatic hydroxyl groups excluding tert-OH is 7. The van der Waals surface area contributed by atoms with Crippen LogP contribution in [0.5, 0.6) is 0 Å². The zero-order chi connectivity index (χ0) is 45.5. The number of hydrogen-bond acceptors (Lipinski definition) is 10. The molecule has 1 saturated heterocycles. The van der Waals surface area contributed by atoms with Crippen molar-refractivity contribution >= 4 is 5.91 Å². The molecular formula is C51H97NO10. The van der Waals surface area contributed by atoms with Crippen LogP contribution in [-0.2, 0) is 14.3 Å². The van der Waals surface area contributed by atoms with Crippen LogP contribution in [0, 0.1) is 0 Å². The topological polar surface area (TPSA) is 189 Å². The maximum atomic E-state index is 13.1. The number of rotatable bonds is 43. The van der Waals surface area contributed by atoms with Gasteiger partial charge in [0.05, 0.1) is 25.4 Å². The van der Waals surface area contributed by atoms with E-state index in [-0.39, 0.29) is 12.8 Å². The highest BCUT2D eigenvalue weighted by Crippen LogP contribution is 2.23. The Morgan fingerprint density at radius 3 is 1.39 bits per heavy atom. The van der Waals surface area contributed by atoms with Gasteiger partial charge in [-0.1, -0.05) is 186 Å². The smallest absolute Gasteiger partial charge is 0.249 e. The highest BCUT2D eigenvalue weighted by atomic mass is 16.7. The van der Waals surface area contributed by atoms with Gasteiger partial charge in [0, 0.05) is 0 Å². The van der Waals surface area contributed by atoms with Crippen molar-refractivity contribution in [1.29, 1.82) is 0 Å². The molecule has 1 fully saturated rings. The molecular weight excluding hydrogens is 787 g/mol. The molecule has 9 unspecified atom stereocenters. The Balaban J connectivity index is 2.35. The molecule has 1 amide bonds. The second kappa shape index (κ2) is 41.1. The van der Waals surface area contributed by atoms with Crippen molar-refractivity contribution in [3.05, 3.63) is 24.3 Å². The Kier molecular flexibility index (Phi) is 38.8. The van der Waals surface area contributed by atoms with E-state index in [0.29, 0.717) is 12.8 Å². The monoisotopic (exact) mass is 884 g/mol. The number of nitrogens with one attached hydrogen (secondary N) is 1. The van der Waals surface area contributed by atoms with Crippen molar-refractivity contribution in [1.82, 2.24) is 5.32 Å². The first-order valence-corrected chi connectivity index (χ1v) is 25.7. The van der Waals surface area contributed by atoms with Crippen LogP contribution in [0.15, 0.2) is 24.3 Å². The van der Waals surface area contributed by atoms with Crippen molar-refractivity contribution in [3.8, 4) is 0 Å². The maximum absolute atomic E-state index is 13.1. The Labute approximate surface area is 378 Å². The summed E-state index contributed by atoms with van der Waals surface area (Å²) in [5.74, 6) is -0.709. The molecule has 1 heterocycles. The van der Waals surface area contributed by atoms with E-state index in [1.54, 1.807) is 0 Å². The molecule has 0 radical (unpaired) electrons. The van der Waals surface area contributed by atoms with Crippen molar-refractivity contribution in [2.75, 3.05) is 13.2 Å². The standard InChI is InChI=1S/C51H97NO10/c1-3-5-7-9-11-13-15-17-18-19-20-21-22-23-24-25-26-27-29-31-33-35-37-39-44(55)50(60)52-42(41-61-51-49(59)48(58)47(57)45(40-53)62-51)46(56)43(54)38-36-34-32-30-28-16-14-12-10-8-6-4-2/h23-24,30,32,42-49,51,53-59H,3-22,25-29,31,33-41H2,1-2H3,(H,52,60)/b24-23-,32-30+. The van der Waals surface area contributed by atoms with Crippen LogP contribution in [0.25, 0.3) is 0 Å². The molecule has 0 bridgehead atoms. The van der Waals surface area contributed by atoms with Gasteiger partial charge >= 0.3 is 0 Å². The summed E-state index contributed by atoms with van der Waals surface area (Å²) in [5, 5.41) is 75.7. The van der Waals surface area contributed by atoms with Gasteiger partial charge in [-0.05, 0) is 64.2 Å². The van der Waals surface area contributed by atoms with E-state index in [9.17, 15) is 40.5 Å². The van der Waals surface area contributed by atoms with E-state index in [1.807, 2.05) is 0 Å². The average Bonchev–Trinajstić information content (AvgIpc) is 3.27. The lowest BCUT2D eigenvalue weighted by atomic mass is 9.98. The summed E-state index contributed by atoms with van der Waals surface area (Å²) in [6.45, 7) is 3.42. The molecule has 0 aromatic rings. The molecule has 0 saturated carbocycles. The molecule has 8 N–H and O–H groups in total. The fraction of sp³-hybridized carbons (Fsp3) is 0.902. The van der Waals surface area contributed by atoms with E-state index < -0.39 is 74.2 Å². The van der Waals surface area contributed by atoms with E-state index in [2.05, 4.69) is 43.5 Å². The molecule has 0 spiro atoms. The lowest BCUT2D eigenvalue weighted by Crippen LogP contribution is -2.60. The summed E-state index contributed by atoms with van der Waals surface area (Å²) in [6.07, 6.45) is 35.2. The maximum Gasteiger partial charge on any atom is 0.249 e. The van der Waals surface area contributed by atoms with Crippen molar-refractivity contribution in [2.45, 2.75) is 281 Å². The number of ether oxygens (including phenoxy) is 2. The SMILES string of the molecule is CCCCCCCCC/C=C/CCCC(O)C(O)C(COC1OC(CO)C(O)C(O)C1O)NC(=O)C(O)CCCCCCCCC/C=C\CCCCCCCCCCCCCC. The van der Waals surface area contributed by atoms with Crippen LogP contribution in [0.2, 0.25) is 0 Å². The normalized spacial score (nSPS) is 21.5. The van der Waals surface area contributed by atoms with Gasteiger partial charge in [-0.25, -0.2) is 0 Å². The van der Waals surface area contributed by atoms with E-state index in [1.165, 1.54) is 141 Å². The Morgan fingerprint density at radius 2 is 0.952 bits per heavy atom. The highest BCUT2D eigenvalue weighted by Gasteiger charge is 2.44. The van der Waals surface area contributed by atoms with E-state index in [4.69, 9.17) is 9.47 Å². The van der Waals surface area contributed by atoms with Gasteiger partial charge in [0.1, 0.15) is 36.6 Å². The van der Waals surface area contributed by atoms with Crippen molar-refractivity contribution in [2.24, 2.45) is 0 Å². The Morgan fingerprint density at radius 1 is 0.548 bits per heavy atom. The van der Waals surface area contributed by atoms with E-state index in [0.717, 1.165) is 44.9 Å². The number of hydrogen-bond donors (Lipinski definition) is 8. The van der Waals surface area contributed by atoms with Crippen LogP contribution in [-0.4, -0.2) is 110 Å². The number of amides is 1. The number of unbranched alkanes of at least 4 members (excludes halogenated alkanes) is 27. The molecule has 9 atom stereocenters. The van der Waals surface area contributed by atoms with Gasteiger partial charge in [-0.15, -0.1) is 0 Å². The van der Waals surface area contributed by atoms with Gasteiger partial charge < -0.3 is 50.5 Å². The van der Waals surface area contributed by atoms with Gasteiger partial charge in [-0.3, -0.25) is 4.79 Å². The first-order chi connectivity index (χ1) is 30.2. The molecule has 0 aliphatic carbocycles. The van der Waals surface area contributed by atoms with Crippen LogP contribution in [0.3, 0.4) is 0 Å². The summed E-state index contributed by atoms with van der Waals surface area (Å²) >= 11 is 0. The third-order valence-corrected chi connectivity index (χ3v) is 12.5. The minimum atomic E-state index is -1.67. The first-order valence-electron chi connectivity index (χ1n) is 25.7. The van der Waals surface area contributed by atoms with Crippen LogP contribution in [0.1, 0.15) is 226 Å². The quantitative estimate of drug-likeness (QED) is 0.0216. The number of aliphatic hydroxyl groups is 7. The lowest BCUT2D eigenvalue weighted by molar-refractivity contribution is -0.303. The third-order valence-electron chi connectivity index (χ3n) is 12.5. The van der Waals surface area contributed by atoms with Crippen LogP contribution < -0.4 is 5.32 Å². The van der Waals surface area contributed by atoms with Gasteiger partial charge in [-0.2, -0.15) is 0 Å². The first kappa shape index (κ1) is 58.6. The van der Waals surface area contributed by atoms with Crippen LogP contribution in [0.4, 0.5) is 0 Å². The fourth-order valence-electron chi connectivity index (χ4n) is 8.20. The zero-order valence-electron chi connectivity index (χ0n) is 39.6. The minimum absolute atomic E-state index is 0.250. The Hall–Kier alpha value is -1.41. The summed E-state index contributed by atoms with van der Waals surface area (Å²) in [4.78, 5) is 13.1. The number of carbonyl (C=O) groups is 1. The van der Waals surface area contributed by atoms with Crippen molar-refractivity contribution in [3.63, 3.8) is 0 Å². The summed E-state index contributed by atoms with van der Waals surface area (Å²) in [5.41, 5.74) is 0. The molecule has 62 heavy (non-hydrogen) atoms. The zero-order valence-corrected chi connectivity index (χ0v) is 39.6. The number of allylic oxidation sites excluding steroid dienone is 4. The third kappa shape index (κ3) is 29.9. The molecule has 1 aliphatic heterocycles. The molecule has 1 aliphatic rings. The summed E-state index contributed by atoms with van der Waals surface area (Å²) in [7, 11) is 0. The second-order valence-corrected chi connectivity index (χ2v) is 18.2. The van der Waals surface area contributed by atoms with Crippen molar-refractivity contribution < 1.29 is 50.0 Å². The fourth-order valence-corrected chi connectivity index (χ4v) is 8.20. The summed E-state index contributed by atoms with van der Waals surface area (Å²) < 4.78 is 11.1. The van der Waals surface area contributed by atoms with Crippen LogP contribution >= 0.6 is 0 Å². The van der Waals surface area contributed by atoms with E-state index >= 15 is 0 Å². The van der Waals surface area contributed by atoms with Gasteiger partial charge in [0.15, 0.2) is 6.29 Å². The molecule has 366 valence electrons. The lowest BCUT2D eigenvalue weighted by Gasteiger charge is -2.40. The largest absolute Gasteiger partial charge is 0.394 e. The average molecular weight is 884 g/mol. The van der Waals surface area contributed by atoms with Gasteiger partial charge in [0.25, 0.3) is 0 Å². The molecule has 1 rings (SSSR count). The number of carbonyl (C=O) groups excluding carboxylic acids is 1. The highest BCUT2D eigenvalue weighted by molar-refractivity contribution is 5.80. The molecule has 11 nitrogen and oxygen atoms in total. The molecule has 0 aromatic heterocycles. The predicted octanol–water partition coefficient (Wildman–Crippen LogP) is 9.40. The molecule has 0 aromatic carbocycles.